The molecule has 1 heterocycles. The molecule has 4 nitrogen and oxygen atoms in total. The number of anilines is 2. The van der Waals surface area contributed by atoms with E-state index in [1.807, 2.05) is 0 Å². The fourth-order valence-electron chi connectivity index (χ4n) is 5.40. The molecular weight excluding hydrogens is 454 g/mol. The lowest BCUT2D eigenvalue weighted by molar-refractivity contribution is 0.212. The third-order valence-corrected chi connectivity index (χ3v) is 7.59. The molecule has 0 spiro atoms. The molecule has 0 bridgehead atoms. The van der Waals surface area contributed by atoms with E-state index in [2.05, 4.69) is 137 Å². The Labute approximate surface area is 224 Å². The summed E-state index contributed by atoms with van der Waals surface area (Å²) in [6.07, 6.45) is 0. The van der Waals surface area contributed by atoms with Gasteiger partial charge in [0.15, 0.2) is 0 Å². The molecule has 0 amide bonds. The highest BCUT2D eigenvalue weighted by Gasteiger charge is 2.32. The second-order valence-electron chi connectivity index (χ2n) is 12.7. The van der Waals surface area contributed by atoms with E-state index >= 15 is 0 Å². The minimum absolute atomic E-state index is 0.122. The third-order valence-electron chi connectivity index (χ3n) is 7.59. The number of nitrogens with zero attached hydrogens (tertiary/aromatic N) is 3. The van der Waals surface area contributed by atoms with Gasteiger partial charge < -0.3 is 14.9 Å². The topological polar surface area (TPSA) is 30.0 Å². The summed E-state index contributed by atoms with van der Waals surface area (Å²) in [6.45, 7) is 17.1. The smallest absolute Gasteiger partial charge is 0.123 e. The SMILES string of the molecule is CN(C)c1ccc(C(c2cc(C(C)(C)C)c(O)c(C(C)(C)C)c2)N2CCN(c3ccccc3)CC2)cc1. The Bertz CT molecular complexity index is 1140. The van der Waals surface area contributed by atoms with Crippen molar-refractivity contribution in [1.82, 2.24) is 4.90 Å². The summed E-state index contributed by atoms with van der Waals surface area (Å²) in [6, 6.07) is 24.4. The van der Waals surface area contributed by atoms with Crippen LogP contribution in [0.3, 0.4) is 0 Å². The van der Waals surface area contributed by atoms with Crippen LogP contribution in [0.15, 0.2) is 66.7 Å². The summed E-state index contributed by atoms with van der Waals surface area (Å²) in [5.74, 6) is 0.444. The zero-order chi connectivity index (χ0) is 27.0. The van der Waals surface area contributed by atoms with Crippen LogP contribution in [0, 0.1) is 0 Å². The zero-order valence-electron chi connectivity index (χ0n) is 24.0. The van der Waals surface area contributed by atoms with Gasteiger partial charge in [0.1, 0.15) is 5.75 Å². The largest absolute Gasteiger partial charge is 0.507 e. The summed E-state index contributed by atoms with van der Waals surface area (Å²) in [5, 5.41) is 11.4. The molecule has 1 aliphatic heterocycles. The Morgan fingerprint density at radius 3 is 1.68 bits per heavy atom. The second-order valence-corrected chi connectivity index (χ2v) is 12.7. The molecule has 0 aliphatic carbocycles. The highest BCUT2D eigenvalue weighted by Crippen LogP contribution is 2.43. The van der Waals surface area contributed by atoms with Crippen LogP contribution in [0.1, 0.15) is 69.8 Å². The van der Waals surface area contributed by atoms with Crippen molar-refractivity contribution in [2.24, 2.45) is 0 Å². The number of para-hydroxylation sites is 1. The van der Waals surface area contributed by atoms with Crippen molar-refractivity contribution < 1.29 is 5.11 Å². The van der Waals surface area contributed by atoms with Crippen LogP contribution < -0.4 is 9.80 Å². The van der Waals surface area contributed by atoms with E-state index in [-0.39, 0.29) is 16.9 Å². The van der Waals surface area contributed by atoms with Crippen LogP contribution >= 0.6 is 0 Å². The predicted octanol–water partition coefficient (Wildman–Crippen LogP) is 6.96. The first-order chi connectivity index (χ1) is 17.4. The van der Waals surface area contributed by atoms with Gasteiger partial charge in [-0.1, -0.05) is 71.9 Å². The number of phenolic OH excluding ortho intramolecular Hbond substituents is 1. The van der Waals surface area contributed by atoms with E-state index in [4.69, 9.17) is 0 Å². The van der Waals surface area contributed by atoms with Crippen molar-refractivity contribution in [3.05, 3.63) is 89.0 Å². The average molecular weight is 500 g/mol. The molecular formula is C33H45N3O. The molecule has 37 heavy (non-hydrogen) atoms. The first-order valence-electron chi connectivity index (χ1n) is 13.6. The highest BCUT2D eigenvalue weighted by molar-refractivity contribution is 5.53. The number of phenols is 1. The summed E-state index contributed by atoms with van der Waals surface area (Å²) in [4.78, 5) is 7.25. The molecule has 1 aliphatic rings. The van der Waals surface area contributed by atoms with Crippen LogP contribution in [-0.2, 0) is 10.8 Å². The van der Waals surface area contributed by atoms with Crippen molar-refractivity contribution in [2.75, 3.05) is 50.1 Å². The summed E-state index contributed by atoms with van der Waals surface area (Å²) in [5.41, 5.74) is 6.77. The number of benzene rings is 3. The normalized spacial score (nSPS) is 16.1. The van der Waals surface area contributed by atoms with Crippen molar-refractivity contribution in [2.45, 2.75) is 58.4 Å². The molecule has 198 valence electrons. The van der Waals surface area contributed by atoms with Crippen LogP contribution in [0.4, 0.5) is 11.4 Å². The van der Waals surface area contributed by atoms with Gasteiger partial charge in [-0.2, -0.15) is 0 Å². The summed E-state index contributed by atoms with van der Waals surface area (Å²) < 4.78 is 0. The van der Waals surface area contributed by atoms with Gasteiger partial charge in [-0.3, -0.25) is 4.90 Å². The molecule has 0 aromatic heterocycles. The average Bonchev–Trinajstić information content (AvgIpc) is 2.85. The van der Waals surface area contributed by atoms with Gasteiger partial charge in [0.05, 0.1) is 6.04 Å². The third kappa shape index (κ3) is 5.96. The molecule has 0 saturated carbocycles. The summed E-state index contributed by atoms with van der Waals surface area (Å²) in [7, 11) is 4.17. The van der Waals surface area contributed by atoms with Gasteiger partial charge in [0, 0.05) is 51.6 Å². The number of piperazine rings is 1. The number of rotatable bonds is 5. The lowest BCUT2D eigenvalue weighted by Crippen LogP contribution is -2.48. The quantitative estimate of drug-likeness (QED) is 0.411. The standard InChI is InChI=1S/C33H45N3O/c1-32(2,3)28-22-25(23-29(31(28)37)33(4,5)6)30(24-14-16-26(17-15-24)34(7)8)36-20-18-35(19-21-36)27-12-10-9-11-13-27/h9-17,22-23,30,37H,18-21H2,1-8H3. The minimum Gasteiger partial charge on any atom is -0.507 e. The number of hydrogen-bond acceptors (Lipinski definition) is 4. The Morgan fingerprint density at radius 1 is 0.703 bits per heavy atom. The molecule has 0 radical (unpaired) electrons. The second kappa shape index (κ2) is 10.4. The lowest BCUT2D eigenvalue weighted by atomic mass is 9.77. The van der Waals surface area contributed by atoms with E-state index in [1.54, 1.807) is 0 Å². The van der Waals surface area contributed by atoms with Crippen LogP contribution in [0.5, 0.6) is 5.75 Å². The Kier molecular flexibility index (Phi) is 7.62. The fourth-order valence-corrected chi connectivity index (χ4v) is 5.40. The van der Waals surface area contributed by atoms with Gasteiger partial charge in [0.25, 0.3) is 0 Å². The summed E-state index contributed by atoms with van der Waals surface area (Å²) >= 11 is 0. The van der Waals surface area contributed by atoms with E-state index < -0.39 is 0 Å². The van der Waals surface area contributed by atoms with Crippen LogP contribution in [0.25, 0.3) is 0 Å². The van der Waals surface area contributed by atoms with Gasteiger partial charge in [0.2, 0.25) is 0 Å². The lowest BCUT2D eigenvalue weighted by Gasteiger charge is -2.41. The monoisotopic (exact) mass is 499 g/mol. The van der Waals surface area contributed by atoms with Crippen molar-refractivity contribution in [3.8, 4) is 5.75 Å². The maximum Gasteiger partial charge on any atom is 0.123 e. The number of aromatic hydroxyl groups is 1. The van der Waals surface area contributed by atoms with Gasteiger partial charge in [-0.15, -0.1) is 0 Å². The molecule has 1 atom stereocenters. The Balaban J connectivity index is 1.79. The maximum atomic E-state index is 11.4. The van der Waals surface area contributed by atoms with E-state index in [0.717, 1.165) is 37.3 Å². The minimum atomic E-state index is -0.161. The molecule has 3 aromatic carbocycles. The molecule has 3 aromatic rings. The van der Waals surface area contributed by atoms with Crippen LogP contribution in [0.2, 0.25) is 0 Å². The molecule has 4 rings (SSSR count). The Hall–Kier alpha value is -2.98. The molecule has 1 unspecified atom stereocenters. The van der Waals surface area contributed by atoms with E-state index in [0.29, 0.717) is 5.75 Å². The van der Waals surface area contributed by atoms with Crippen molar-refractivity contribution in [3.63, 3.8) is 0 Å². The first kappa shape index (κ1) is 27.1. The fraction of sp³-hybridized carbons (Fsp3) is 0.455. The highest BCUT2D eigenvalue weighted by atomic mass is 16.3. The van der Waals surface area contributed by atoms with Crippen molar-refractivity contribution >= 4 is 11.4 Å². The number of hydrogen-bond donors (Lipinski definition) is 1. The molecule has 1 fully saturated rings. The Morgan fingerprint density at radius 2 is 1.22 bits per heavy atom. The predicted molar refractivity (Wildman–Crippen MR) is 158 cm³/mol. The molecule has 1 saturated heterocycles. The molecule has 1 N–H and O–H groups in total. The van der Waals surface area contributed by atoms with Crippen LogP contribution in [-0.4, -0.2) is 50.3 Å². The zero-order valence-corrected chi connectivity index (χ0v) is 24.0. The van der Waals surface area contributed by atoms with Crippen molar-refractivity contribution in [1.29, 1.82) is 0 Å². The first-order valence-corrected chi connectivity index (χ1v) is 13.6. The van der Waals surface area contributed by atoms with E-state index in [9.17, 15) is 5.11 Å². The molecule has 4 heteroatoms. The van der Waals surface area contributed by atoms with Gasteiger partial charge in [-0.05, 0) is 69.5 Å². The van der Waals surface area contributed by atoms with E-state index in [1.165, 1.54) is 22.5 Å². The van der Waals surface area contributed by atoms with Gasteiger partial charge in [-0.25, -0.2) is 0 Å². The van der Waals surface area contributed by atoms with Gasteiger partial charge >= 0.3 is 0 Å². The maximum absolute atomic E-state index is 11.4.